The quantitative estimate of drug-likeness (QED) is 0.631. The van der Waals surface area contributed by atoms with Gasteiger partial charge in [0.15, 0.2) is 0 Å². The van der Waals surface area contributed by atoms with Crippen LogP contribution in [0.2, 0.25) is 0 Å². The number of nitrogens with zero attached hydrogens (tertiary/aromatic N) is 1. The lowest BCUT2D eigenvalue weighted by atomic mass is 10.1. The Morgan fingerprint density at radius 2 is 1.89 bits per heavy atom. The molecule has 1 N–H and O–H groups in total. The van der Waals surface area contributed by atoms with Gasteiger partial charge in [-0.2, -0.15) is 0 Å². The van der Waals surface area contributed by atoms with Crippen molar-refractivity contribution >= 4 is 33.4 Å². The van der Waals surface area contributed by atoms with Crippen molar-refractivity contribution in [3.05, 3.63) is 52.5 Å². The van der Waals surface area contributed by atoms with Crippen LogP contribution in [0.1, 0.15) is 18.9 Å². The average molecular weight is 449 g/mol. The van der Waals surface area contributed by atoms with Gasteiger partial charge in [0.2, 0.25) is 11.8 Å². The molecule has 2 rings (SSSR count). The second-order valence-electron chi connectivity index (χ2n) is 6.16. The normalized spacial score (nSPS) is 10.3. The Balaban J connectivity index is 1.89. The van der Waals surface area contributed by atoms with Crippen LogP contribution in [0.5, 0.6) is 11.5 Å². The monoisotopic (exact) mass is 448 g/mol. The zero-order valence-corrected chi connectivity index (χ0v) is 17.9. The lowest BCUT2D eigenvalue weighted by Crippen LogP contribution is -2.38. The fourth-order valence-electron chi connectivity index (χ4n) is 2.73. The summed E-state index contributed by atoms with van der Waals surface area (Å²) in [7, 11) is 3.18. The number of hydrogen-bond acceptors (Lipinski definition) is 4. The summed E-state index contributed by atoms with van der Waals surface area (Å²) in [5.41, 5.74) is 1.66. The number of rotatable bonds is 9. The minimum absolute atomic E-state index is 0.0127. The van der Waals surface area contributed by atoms with E-state index >= 15 is 0 Å². The third-order valence-corrected chi connectivity index (χ3v) is 4.89. The Morgan fingerprint density at radius 3 is 2.54 bits per heavy atom. The van der Waals surface area contributed by atoms with Gasteiger partial charge in [0.05, 0.1) is 25.2 Å². The molecule has 0 spiro atoms. The highest BCUT2D eigenvalue weighted by Crippen LogP contribution is 2.26. The number of likely N-dealkylation sites (N-methyl/N-ethyl adjacent to an activating group) is 1. The van der Waals surface area contributed by atoms with Crippen molar-refractivity contribution in [2.75, 3.05) is 32.6 Å². The van der Waals surface area contributed by atoms with E-state index in [1.54, 1.807) is 43.4 Å². The van der Waals surface area contributed by atoms with Gasteiger partial charge in [-0.1, -0.05) is 12.1 Å². The third kappa shape index (κ3) is 6.27. The maximum atomic E-state index is 12.5. The van der Waals surface area contributed by atoms with Crippen LogP contribution < -0.4 is 14.8 Å². The van der Waals surface area contributed by atoms with Gasteiger partial charge >= 0.3 is 0 Å². The first kappa shape index (κ1) is 21.8. The lowest BCUT2D eigenvalue weighted by Gasteiger charge is -2.20. The molecule has 0 fully saturated rings. The number of nitrogens with one attached hydrogen (secondary N) is 1. The predicted molar refractivity (Wildman–Crippen MR) is 113 cm³/mol. The summed E-state index contributed by atoms with van der Waals surface area (Å²) >= 11 is 3.45. The number of methoxy groups -OCH3 is 2. The molecule has 6 nitrogen and oxygen atoms in total. The smallest absolute Gasteiger partial charge is 0.243 e. The van der Waals surface area contributed by atoms with Crippen molar-refractivity contribution in [2.45, 2.75) is 19.8 Å². The minimum Gasteiger partial charge on any atom is -0.497 e. The number of anilines is 1. The van der Waals surface area contributed by atoms with Crippen molar-refractivity contribution in [1.29, 1.82) is 0 Å². The summed E-state index contributed by atoms with van der Waals surface area (Å²) in [5, 5.41) is 2.80. The summed E-state index contributed by atoms with van der Waals surface area (Å²) in [4.78, 5) is 26.4. The molecule has 0 heterocycles. The Morgan fingerprint density at radius 1 is 1.11 bits per heavy atom. The largest absolute Gasteiger partial charge is 0.497 e. The van der Waals surface area contributed by atoms with Crippen LogP contribution in [0, 0.1) is 0 Å². The molecule has 28 heavy (non-hydrogen) atoms. The average Bonchev–Trinajstić information content (AvgIpc) is 2.70. The van der Waals surface area contributed by atoms with Gasteiger partial charge in [-0.05, 0) is 59.1 Å². The second-order valence-corrected chi connectivity index (χ2v) is 7.01. The van der Waals surface area contributed by atoms with E-state index in [1.165, 1.54) is 0 Å². The van der Waals surface area contributed by atoms with Crippen molar-refractivity contribution < 1.29 is 19.1 Å². The minimum atomic E-state index is -0.240. The Labute approximate surface area is 174 Å². The van der Waals surface area contributed by atoms with Crippen LogP contribution in [-0.2, 0) is 16.0 Å². The molecule has 0 aliphatic rings. The number of halogens is 1. The van der Waals surface area contributed by atoms with Crippen LogP contribution in [0.25, 0.3) is 0 Å². The van der Waals surface area contributed by atoms with Gasteiger partial charge in [0.25, 0.3) is 0 Å². The molecule has 7 heteroatoms. The van der Waals surface area contributed by atoms with Crippen molar-refractivity contribution in [1.82, 2.24) is 4.90 Å². The molecular weight excluding hydrogens is 424 g/mol. The summed E-state index contributed by atoms with van der Waals surface area (Å²) in [6.45, 7) is 2.34. The van der Waals surface area contributed by atoms with E-state index < -0.39 is 0 Å². The van der Waals surface area contributed by atoms with Gasteiger partial charge in [-0.15, -0.1) is 0 Å². The van der Waals surface area contributed by atoms with Gasteiger partial charge in [0, 0.05) is 24.7 Å². The standard InChI is InChI=1S/C21H25BrN2O4/c1-4-24(14-20(25)23-16-6-5-7-17(13-16)27-2)21(26)11-9-15-8-10-19(28-3)18(22)12-15/h5-8,10,12-13H,4,9,11,14H2,1-3H3,(H,23,25). The van der Waals surface area contributed by atoms with E-state index in [-0.39, 0.29) is 18.4 Å². The van der Waals surface area contributed by atoms with E-state index in [2.05, 4.69) is 21.2 Å². The molecule has 2 aromatic rings. The van der Waals surface area contributed by atoms with Crippen molar-refractivity contribution in [3.8, 4) is 11.5 Å². The zero-order valence-electron chi connectivity index (χ0n) is 16.3. The lowest BCUT2D eigenvalue weighted by molar-refractivity contribution is -0.134. The molecule has 0 atom stereocenters. The molecular formula is C21H25BrN2O4. The number of aryl methyl sites for hydroxylation is 1. The van der Waals surface area contributed by atoms with Crippen molar-refractivity contribution in [3.63, 3.8) is 0 Å². The van der Waals surface area contributed by atoms with Gasteiger partial charge in [-0.3, -0.25) is 9.59 Å². The fourth-order valence-corrected chi connectivity index (χ4v) is 3.31. The molecule has 0 aliphatic heterocycles. The van der Waals surface area contributed by atoms with Crippen LogP contribution in [0.4, 0.5) is 5.69 Å². The Bertz CT molecular complexity index is 826. The summed E-state index contributed by atoms with van der Waals surface area (Å²) in [5.74, 6) is 1.11. The first-order valence-electron chi connectivity index (χ1n) is 9.01. The van der Waals surface area contributed by atoms with Gasteiger partial charge < -0.3 is 19.7 Å². The summed E-state index contributed by atoms with van der Waals surface area (Å²) in [6.07, 6.45) is 0.925. The number of amides is 2. The maximum Gasteiger partial charge on any atom is 0.243 e. The highest BCUT2D eigenvalue weighted by molar-refractivity contribution is 9.10. The van der Waals surface area contributed by atoms with Gasteiger partial charge in [-0.25, -0.2) is 0 Å². The third-order valence-electron chi connectivity index (χ3n) is 4.27. The number of hydrogen-bond donors (Lipinski definition) is 1. The fraction of sp³-hybridized carbons (Fsp3) is 0.333. The first-order chi connectivity index (χ1) is 13.5. The summed E-state index contributed by atoms with van der Waals surface area (Å²) in [6, 6.07) is 12.8. The molecule has 0 radical (unpaired) electrons. The molecule has 0 saturated heterocycles. The molecule has 0 saturated carbocycles. The molecule has 2 amide bonds. The maximum absolute atomic E-state index is 12.5. The van der Waals surface area contributed by atoms with E-state index in [0.29, 0.717) is 30.8 Å². The molecule has 0 unspecified atom stereocenters. The number of ether oxygens (including phenoxy) is 2. The van der Waals surface area contributed by atoms with Crippen molar-refractivity contribution in [2.24, 2.45) is 0 Å². The van der Waals surface area contributed by atoms with E-state index in [9.17, 15) is 9.59 Å². The van der Waals surface area contributed by atoms with Gasteiger partial charge in [0.1, 0.15) is 11.5 Å². The van der Waals surface area contributed by atoms with E-state index in [1.807, 2.05) is 25.1 Å². The van der Waals surface area contributed by atoms with Crippen LogP contribution in [0.15, 0.2) is 46.9 Å². The molecule has 0 bridgehead atoms. The molecule has 0 aromatic heterocycles. The molecule has 0 aliphatic carbocycles. The Hall–Kier alpha value is -2.54. The van der Waals surface area contributed by atoms with Crippen LogP contribution >= 0.6 is 15.9 Å². The second kappa shape index (κ2) is 10.7. The number of benzene rings is 2. The topological polar surface area (TPSA) is 67.9 Å². The first-order valence-corrected chi connectivity index (χ1v) is 9.80. The van der Waals surface area contributed by atoms with Crippen LogP contribution in [0.3, 0.4) is 0 Å². The van der Waals surface area contributed by atoms with E-state index in [4.69, 9.17) is 9.47 Å². The number of carbonyl (C=O) groups excluding carboxylic acids is 2. The zero-order chi connectivity index (χ0) is 20.5. The van der Waals surface area contributed by atoms with E-state index in [0.717, 1.165) is 15.8 Å². The Kier molecular flexibility index (Phi) is 8.32. The predicted octanol–water partition coefficient (Wildman–Crippen LogP) is 3.89. The number of carbonyl (C=O) groups is 2. The molecule has 150 valence electrons. The SMILES string of the molecule is CCN(CC(=O)Nc1cccc(OC)c1)C(=O)CCc1ccc(OC)c(Br)c1. The highest BCUT2D eigenvalue weighted by atomic mass is 79.9. The molecule has 2 aromatic carbocycles. The van der Waals surface area contributed by atoms with Crippen LogP contribution in [-0.4, -0.2) is 44.0 Å². The summed E-state index contributed by atoms with van der Waals surface area (Å²) < 4.78 is 11.2. The highest BCUT2D eigenvalue weighted by Gasteiger charge is 2.16.